The lowest BCUT2D eigenvalue weighted by atomic mass is 9.87. The highest BCUT2D eigenvalue weighted by atomic mass is 15.0. The number of hydrogen-bond donors (Lipinski definition) is 2. The number of pyridine rings is 1. The highest BCUT2D eigenvalue weighted by Crippen LogP contribution is 2.39. The van der Waals surface area contributed by atoms with E-state index < -0.39 is 0 Å². The molecule has 0 spiro atoms. The highest BCUT2D eigenvalue weighted by Gasteiger charge is 2.24. The number of benzene rings is 9. The van der Waals surface area contributed by atoms with Crippen LogP contribution in [0, 0.1) is 10.8 Å². The number of hydrogen-bond acceptors (Lipinski definition) is 6. The van der Waals surface area contributed by atoms with Crippen LogP contribution in [0.1, 0.15) is 11.1 Å². The first kappa shape index (κ1) is 35.5. The Balaban J connectivity index is 1.03. The van der Waals surface area contributed by atoms with Gasteiger partial charge in [0.15, 0.2) is 17.5 Å². The third-order valence-electron chi connectivity index (χ3n) is 12.1. The minimum absolute atomic E-state index is 0.191. The standard InChI is InChI=1S/C56H34N6/c57-49-29-28-46-51(52(49)58)45-27-26-36(32-50(45)59-53(46)34-12-2-1-3-13-34)33-22-24-35(25-23-33)54-60-55(47-30-37-14-4-6-16-39(37)41-18-8-10-20-43(41)47)62-56(61-54)48-31-38-15-5-7-17-40(38)42-19-9-11-21-44(42)48/h1-32,57-58H. The molecule has 1 aliphatic carbocycles. The minimum atomic E-state index is 0.191. The van der Waals surface area contributed by atoms with Gasteiger partial charge in [0, 0.05) is 38.8 Å². The lowest BCUT2D eigenvalue weighted by Crippen LogP contribution is -2.17. The summed E-state index contributed by atoms with van der Waals surface area (Å²) in [6.07, 6.45) is 3.60. The molecule has 0 aliphatic heterocycles. The van der Waals surface area contributed by atoms with Gasteiger partial charge < -0.3 is 0 Å². The first-order chi connectivity index (χ1) is 30.6. The zero-order valence-corrected chi connectivity index (χ0v) is 33.3. The van der Waals surface area contributed by atoms with Gasteiger partial charge in [-0.2, -0.15) is 0 Å². The molecule has 2 N–H and O–H groups in total. The Kier molecular flexibility index (Phi) is 8.05. The molecule has 6 heteroatoms. The molecule has 2 heterocycles. The summed E-state index contributed by atoms with van der Waals surface area (Å²) in [5, 5.41) is 27.3. The highest BCUT2D eigenvalue weighted by molar-refractivity contribution is 6.54. The van der Waals surface area contributed by atoms with Crippen LogP contribution >= 0.6 is 0 Å². The van der Waals surface area contributed by atoms with Crippen molar-refractivity contribution in [2.24, 2.45) is 0 Å². The molecule has 62 heavy (non-hydrogen) atoms. The van der Waals surface area contributed by atoms with Gasteiger partial charge in [0.25, 0.3) is 0 Å². The van der Waals surface area contributed by atoms with Crippen molar-refractivity contribution in [2.75, 3.05) is 0 Å². The van der Waals surface area contributed by atoms with E-state index in [-0.39, 0.29) is 11.4 Å². The van der Waals surface area contributed by atoms with E-state index in [1.54, 1.807) is 6.08 Å². The molecule has 11 aromatic rings. The molecule has 0 saturated carbocycles. The summed E-state index contributed by atoms with van der Waals surface area (Å²) in [6.45, 7) is 0. The van der Waals surface area contributed by atoms with Gasteiger partial charge in [0.05, 0.1) is 22.6 Å². The Bertz CT molecular complexity index is 3580. The lowest BCUT2D eigenvalue weighted by molar-refractivity contribution is 1.08. The van der Waals surface area contributed by atoms with Gasteiger partial charge in [-0.05, 0) is 84.6 Å². The third-order valence-corrected chi connectivity index (χ3v) is 12.1. The molecule has 2 aromatic heterocycles. The van der Waals surface area contributed by atoms with Gasteiger partial charge in [-0.1, -0.05) is 164 Å². The quantitative estimate of drug-likeness (QED) is 0.170. The summed E-state index contributed by atoms with van der Waals surface area (Å²) in [6, 6.07) is 63.0. The van der Waals surface area contributed by atoms with Crippen LogP contribution < -0.4 is 0 Å². The third kappa shape index (κ3) is 5.73. The molecule has 0 saturated heterocycles. The van der Waals surface area contributed by atoms with Gasteiger partial charge in [0.1, 0.15) is 0 Å². The lowest BCUT2D eigenvalue weighted by Gasteiger charge is -2.19. The Morgan fingerprint density at radius 2 is 0.839 bits per heavy atom. The maximum Gasteiger partial charge on any atom is 0.164 e. The van der Waals surface area contributed by atoms with E-state index in [4.69, 9.17) is 30.8 Å². The zero-order valence-electron chi connectivity index (χ0n) is 33.3. The summed E-state index contributed by atoms with van der Waals surface area (Å²) in [7, 11) is 0. The van der Waals surface area contributed by atoms with Gasteiger partial charge in [-0.25, -0.2) is 19.9 Å². The molecule has 0 amide bonds. The molecule has 0 unspecified atom stereocenters. The SMILES string of the molecule is N=C1C=Cc2c(-c3ccccc3)nc3cc(-c4ccc(-c5nc(-c6cc7ccccc7c7ccccc67)nc(-c6cc7ccccc7c7ccccc67)n5)cc4)ccc3c2C1=N. The van der Waals surface area contributed by atoms with E-state index in [1.807, 2.05) is 42.5 Å². The van der Waals surface area contributed by atoms with E-state index in [0.29, 0.717) is 17.5 Å². The van der Waals surface area contributed by atoms with Gasteiger partial charge in [-0.15, -0.1) is 0 Å². The number of fused-ring (bicyclic) bond motifs is 9. The van der Waals surface area contributed by atoms with Crippen LogP contribution in [0.5, 0.6) is 0 Å². The predicted molar refractivity (Wildman–Crippen MR) is 256 cm³/mol. The van der Waals surface area contributed by atoms with Gasteiger partial charge in [0.2, 0.25) is 0 Å². The summed E-state index contributed by atoms with van der Waals surface area (Å²) in [5.74, 6) is 1.80. The molecule has 0 radical (unpaired) electrons. The maximum absolute atomic E-state index is 8.91. The Morgan fingerprint density at radius 3 is 1.45 bits per heavy atom. The minimum Gasteiger partial charge on any atom is -0.299 e. The maximum atomic E-state index is 8.91. The number of nitrogens with zero attached hydrogens (tertiary/aromatic N) is 4. The molecule has 1 aliphatic rings. The second-order valence-corrected chi connectivity index (χ2v) is 15.7. The fraction of sp³-hybridized carbons (Fsp3) is 0. The van der Waals surface area contributed by atoms with Crippen LogP contribution in [0.2, 0.25) is 0 Å². The second-order valence-electron chi connectivity index (χ2n) is 15.7. The fourth-order valence-electron chi connectivity index (χ4n) is 9.13. The van der Waals surface area contributed by atoms with Gasteiger partial charge in [-0.3, -0.25) is 10.8 Å². The number of aromatic nitrogens is 4. The number of rotatable bonds is 5. The molecule has 6 nitrogen and oxygen atoms in total. The van der Waals surface area contributed by atoms with Crippen molar-refractivity contribution in [2.45, 2.75) is 0 Å². The molecule has 12 rings (SSSR count). The van der Waals surface area contributed by atoms with Crippen molar-refractivity contribution >= 4 is 71.5 Å². The van der Waals surface area contributed by atoms with E-state index >= 15 is 0 Å². The van der Waals surface area contributed by atoms with Crippen LogP contribution in [0.15, 0.2) is 188 Å². The summed E-state index contributed by atoms with van der Waals surface area (Å²) < 4.78 is 0. The predicted octanol–water partition coefficient (Wildman–Crippen LogP) is 13.8. The van der Waals surface area contributed by atoms with Gasteiger partial charge >= 0.3 is 0 Å². The summed E-state index contributed by atoms with van der Waals surface area (Å²) in [5.41, 5.74) is 9.31. The Labute approximate surface area is 356 Å². The summed E-state index contributed by atoms with van der Waals surface area (Å²) >= 11 is 0. The van der Waals surface area contributed by atoms with Crippen LogP contribution in [-0.4, -0.2) is 31.4 Å². The monoisotopic (exact) mass is 790 g/mol. The van der Waals surface area contributed by atoms with Crippen molar-refractivity contribution < 1.29 is 0 Å². The fourth-order valence-corrected chi connectivity index (χ4v) is 9.13. The molecule has 0 fully saturated rings. The molecule has 0 bridgehead atoms. The molecular weight excluding hydrogens is 757 g/mol. The molecule has 288 valence electrons. The van der Waals surface area contributed by atoms with E-state index in [1.165, 1.54) is 10.8 Å². The number of nitrogens with one attached hydrogen (secondary N) is 2. The average molecular weight is 791 g/mol. The molecular formula is C56H34N6. The second kappa shape index (κ2) is 14.1. The number of allylic oxidation sites excluding steroid dienone is 1. The van der Waals surface area contributed by atoms with E-state index in [2.05, 4.69) is 146 Å². The Hall–Kier alpha value is -8.48. The Morgan fingerprint density at radius 1 is 0.339 bits per heavy atom. The molecule has 9 aromatic carbocycles. The first-order valence-corrected chi connectivity index (χ1v) is 20.6. The van der Waals surface area contributed by atoms with Crippen molar-refractivity contribution in [1.82, 2.24) is 19.9 Å². The molecule has 0 atom stereocenters. The van der Waals surface area contributed by atoms with Crippen molar-refractivity contribution in [3.05, 3.63) is 199 Å². The summed E-state index contributed by atoms with van der Waals surface area (Å²) in [4.78, 5) is 21.0. The normalized spacial score (nSPS) is 12.5. The zero-order chi connectivity index (χ0) is 41.3. The van der Waals surface area contributed by atoms with Crippen LogP contribution in [0.3, 0.4) is 0 Å². The van der Waals surface area contributed by atoms with Crippen molar-refractivity contribution in [3.8, 4) is 56.5 Å². The van der Waals surface area contributed by atoms with Crippen LogP contribution in [-0.2, 0) is 0 Å². The van der Waals surface area contributed by atoms with Crippen LogP contribution in [0.25, 0.3) is 117 Å². The van der Waals surface area contributed by atoms with Crippen molar-refractivity contribution in [1.29, 1.82) is 10.8 Å². The van der Waals surface area contributed by atoms with Crippen molar-refractivity contribution in [3.63, 3.8) is 0 Å². The largest absolute Gasteiger partial charge is 0.299 e. The average Bonchev–Trinajstić information content (AvgIpc) is 3.34. The topological polar surface area (TPSA) is 99.3 Å². The van der Waals surface area contributed by atoms with E-state index in [9.17, 15) is 0 Å². The van der Waals surface area contributed by atoms with Crippen LogP contribution in [0.4, 0.5) is 0 Å². The smallest absolute Gasteiger partial charge is 0.164 e. The van der Waals surface area contributed by atoms with E-state index in [0.717, 1.165) is 93.4 Å². The first-order valence-electron chi connectivity index (χ1n) is 20.6.